The largest absolute Gasteiger partial charge is 0.464 e. The molecule has 2 unspecified atom stereocenters. The first kappa shape index (κ1) is 18.5. The molecule has 26 heavy (non-hydrogen) atoms. The van der Waals surface area contributed by atoms with Crippen LogP contribution in [-0.4, -0.2) is 19.4 Å². The third-order valence-electron chi connectivity index (χ3n) is 4.17. The molecule has 1 aliphatic heterocycles. The summed E-state index contributed by atoms with van der Waals surface area (Å²) in [6.07, 6.45) is -5.94. The number of rotatable bonds is 2. The summed E-state index contributed by atoms with van der Waals surface area (Å²) < 4.78 is 55.2. The van der Waals surface area contributed by atoms with Crippen molar-refractivity contribution in [2.45, 2.75) is 25.0 Å². The molecule has 0 saturated heterocycles. The van der Waals surface area contributed by atoms with Gasteiger partial charge in [0.2, 0.25) is 0 Å². The Labute approximate surface area is 152 Å². The van der Waals surface area contributed by atoms with Gasteiger partial charge in [0.1, 0.15) is 11.4 Å². The Morgan fingerprint density at radius 3 is 2.62 bits per heavy atom. The van der Waals surface area contributed by atoms with Gasteiger partial charge in [-0.3, -0.25) is 0 Å². The Bertz CT molecular complexity index is 853. The molecule has 0 aliphatic carbocycles. The quantitative estimate of drug-likeness (QED) is 0.711. The van der Waals surface area contributed by atoms with Crippen molar-refractivity contribution in [3.63, 3.8) is 0 Å². The molecule has 1 heterocycles. The summed E-state index contributed by atoms with van der Waals surface area (Å²) in [7, 11) is 1.16. The molecule has 0 fully saturated rings. The fourth-order valence-electron chi connectivity index (χ4n) is 2.80. The lowest BCUT2D eigenvalue weighted by Gasteiger charge is -2.39. The van der Waals surface area contributed by atoms with Gasteiger partial charge >= 0.3 is 18.4 Å². The first-order valence-electron chi connectivity index (χ1n) is 7.55. The lowest BCUT2D eigenvalue weighted by Crippen LogP contribution is -2.44. The maximum absolute atomic E-state index is 13.1. The van der Waals surface area contributed by atoms with Gasteiger partial charge in [-0.2, -0.15) is 13.2 Å². The molecule has 0 saturated carbocycles. The van der Waals surface area contributed by atoms with Gasteiger partial charge in [0.15, 0.2) is 0 Å². The third kappa shape index (κ3) is 3.24. The van der Waals surface area contributed by atoms with Gasteiger partial charge in [-0.25, -0.2) is 4.79 Å². The summed E-state index contributed by atoms with van der Waals surface area (Å²) >= 11 is 6.04. The van der Waals surface area contributed by atoms with E-state index in [0.29, 0.717) is 10.6 Å². The Morgan fingerprint density at radius 2 is 1.96 bits per heavy atom. The van der Waals surface area contributed by atoms with Crippen molar-refractivity contribution in [2.75, 3.05) is 7.11 Å². The van der Waals surface area contributed by atoms with E-state index in [0.717, 1.165) is 19.2 Å². The molecule has 4 nitrogen and oxygen atoms in total. The van der Waals surface area contributed by atoms with Crippen molar-refractivity contribution in [2.24, 2.45) is 0 Å². The van der Waals surface area contributed by atoms with Crippen LogP contribution in [0.1, 0.15) is 23.6 Å². The predicted molar refractivity (Wildman–Crippen MR) is 86.9 cm³/mol. The van der Waals surface area contributed by atoms with Crippen molar-refractivity contribution < 1.29 is 32.2 Å². The fraction of sp³-hybridized carbons (Fsp3) is 0.278. The molecule has 2 atom stereocenters. The number of ether oxygens (including phenoxy) is 3. The number of carbonyl (C=O) groups is 1. The Hall–Kier alpha value is -2.25. The number of fused-ring (bicyclic) bond motifs is 1. The van der Waals surface area contributed by atoms with E-state index in [9.17, 15) is 18.0 Å². The van der Waals surface area contributed by atoms with E-state index < -0.39 is 29.6 Å². The summed E-state index contributed by atoms with van der Waals surface area (Å²) in [5.41, 5.74) is -1.62. The molecule has 0 amide bonds. The SMILES string of the molecule is COC(=O)C1Oc2ccc(Cl)cc2C(C)(c2cccc(C(F)(F)F)c2)O1. The van der Waals surface area contributed by atoms with Gasteiger partial charge in [-0.15, -0.1) is 0 Å². The smallest absolute Gasteiger partial charge is 0.416 e. The number of alkyl halides is 3. The lowest BCUT2D eigenvalue weighted by atomic mass is 9.85. The van der Waals surface area contributed by atoms with Crippen LogP contribution in [0.5, 0.6) is 5.75 Å². The van der Waals surface area contributed by atoms with Crippen LogP contribution in [-0.2, 0) is 26.0 Å². The molecular formula is C18H14ClF3O4. The second-order valence-corrected chi connectivity index (χ2v) is 6.28. The van der Waals surface area contributed by atoms with E-state index in [1.807, 2.05) is 0 Å². The van der Waals surface area contributed by atoms with Crippen LogP contribution in [0.25, 0.3) is 0 Å². The maximum Gasteiger partial charge on any atom is 0.416 e. The summed E-state index contributed by atoms with van der Waals surface area (Å²) in [4.78, 5) is 11.9. The number of halogens is 4. The number of esters is 1. The van der Waals surface area contributed by atoms with Crippen LogP contribution in [0.2, 0.25) is 5.02 Å². The standard InChI is InChI=1S/C18H14ClF3O4/c1-17(10-4-3-5-11(8-10)18(20,21)22)13-9-12(19)6-7-14(13)25-16(26-17)15(23)24-2/h3-9,16H,1-2H3. The highest BCUT2D eigenvalue weighted by Crippen LogP contribution is 2.45. The van der Waals surface area contributed by atoms with E-state index in [-0.39, 0.29) is 11.3 Å². The first-order valence-corrected chi connectivity index (χ1v) is 7.93. The fourth-order valence-corrected chi connectivity index (χ4v) is 2.98. The normalized spacial score (nSPS) is 22.3. The number of benzene rings is 2. The average Bonchev–Trinajstić information content (AvgIpc) is 2.61. The zero-order valence-electron chi connectivity index (χ0n) is 13.8. The number of hydrogen-bond donors (Lipinski definition) is 0. The van der Waals surface area contributed by atoms with E-state index in [1.165, 1.54) is 24.3 Å². The van der Waals surface area contributed by atoms with Crippen molar-refractivity contribution in [1.82, 2.24) is 0 Å². The van der Waals surface area contributed by atoms with Gasteiger partial charge in [0.25, 0.3) is 0 Å². The molecule has 0 N–H and O–H groups in total. The molecule has 0 aromatic heterocycles. The monoisotopic (exact) mass is 386 g/mol. The van der Waals surface area contributed by atoms with Crippen LogP contribution in [0, 0.1) is 0 Å². The van der Waals surface area contributed by atoms with Crippen molar-refractivity contribution in [3.05, 3.63) is 64.2 Å². The Morgan fingerprint density at radius 1 is 1.23 bits per heavy atom. The summed E-state index contributed by atoms with van der Waals surface area (Å²) in [6.45, 7) is 1.55. The average molecular weight is 387 g/mol. The lowest BCUT2D eigenvalue weighted by molar-refractivity contribution is -0.203. The summed E-state index contributed by atoms with van der Waals surface area (Å²) in [6, 6.07) is 9.31. The van der Waals surface area contributed by atoms with Gasteiger partial charge < -0.3 is 14.2 Å². The van der Waals surface area contributed by atoms with Crippen LogP contribution >= 0.6 is 11.6 Å². The maximum atomic E-state index is 13.1. The summed E-state index contributed by atoms with van der Waals surface area (Å²) in [5, 5.41) is 0.352. The molecular weight excluding hydrogens is 373 g/mol. The topological polar surface area (TPSA) is 44.8 Å². The highest BCUT2D eigenvalue weighted by Gasteiger charge is 2.44. The molecule has 0 radical (unpaired) electrons. The summed E-state index contributed by atoms with van der Waals surface area (Å²) in [5.74, 6) is -0.528. The van der Waals surface area contributed by atoms with E-state index >= 15 is 0 Å². The van der Waals surface area contributed by atoms with E-state index in [1.54, 1.807) is 13.0 Å². The van der Waals surface area contributed by atoms with Crippen LogP contribution in [0.3, 0.4) is 0 Å². The third-order valence-corrected chi connectivity index (χ3v) is 4.40. The Kier molecular flexibility index (Phi) is 4.62. The van der Waals surface area contributed by atoms with Crippen LogP contribution in [0.4, 0.5) is 13.2 Å². The predicted octanol–water partition coefficient (Wildman–Crippen LogP) is 4.53. The van der Waals surface area contributed by atoms with Crippen molar-refractivity contribution in [1.29, 1.82) is 0 Å². The number of carbonyl (C=O) groups excluding carboxylic acids is 1. The minimum Gasteiger partial charge on any atom is -0.464 e. The molecule has 8 heteroatoms. The molecule has 2 aromatic carbocycles. The first-order chi connectivity index (χ1) is 12.1. The van der Waals surface area contributed by atoms with E-state index in [2.05, 4.69) is 4.74 Å². The second-order valence-electron chi connectivity index (χ2n) is 5.84. The Balaban J connectivity index is 2.17. The molecule has 138 valence electrons. The highest BCUT2D eigenvalue weighted by molar-refractivity contribution is 6.30. The van der Waals surface area contributed by atoms with Crippen molar-refractivity contribution >= 4 is 17.6 Å². The molecule has 0 spiro atoms. The number of methoxy groups -OCH3 is 1. The molecule has 3 rings (SSSR count). The van der Waals surface area contributed by atoms with Crippen LogP contribution < -0.4 is 4.74 Å². The van der Waals surface area contributed by atoms with Gasteiger partial charge in [0.05, 0.1) is 12.7 Å². The second kappa shape index (κ2) is 6.48. The molecule has 0 bridgehead atoms. The van der Waals surface area contributed by atoms with Crippen molar-refractivity contribution in [3.8, 4) is 5.75 Å². The zero-order valence-corrected chi connectivity index (χ0v) is 14.5. The minimum absolute atomic E-state index is 0.202. The van der Waals surface area contributed by atoms with Gasteiger partial charge in [-0.1, -0.05) is 23.7 Å². The highest BCUT2D eigenvalue weighted by atomic mass is 35.5. The zero-order chi connectivity index (χ0) is 19.1. The minimum atomic E-state index is -4.52. The van der Waals surface area contributed by atoms with Gasteiger partial charge in [-0.05, 0) is 42.8 Å². The molecule has 1 aliphatic rings. The van der Waals surface area contributed by atoms with Crippen LogP contribution in [0.15, 0.2) is 42.5 Å². The van der Waals surface area contributed by atoms with E-state index in [4.69, 9.17) is 21.1 Å². The molecule has 2 aromatic rings. The number of hydrogen-bond acceptors (Lipinski definition) is 4. The van der Waals surface area contributed by atoms with Gasteiger partial charge in [0, 0.05) is 10.6 Å².